The molecule has 1 aliphatic rings. The fourth-order valence-corrected chi connectivity index (χ4v) is 7.02. The molecule has 1 fully saturated rings. The third kappa shape index (κ3) is 4.28. The Labute approximate surface area is 194 Å². The van der Waals surface area contributed by atoms with Crippen LogP contribution in [0, 0.1) is 5.82 Å². The molecule has 7 nitrogen and oxygen atoms in total. The minimum Gasteiger partial charge on any atom is -0.340 e. The first-order valence-corrected chi connectivity index (χ1v) is 13.0. The van der Waals surface area contributed by atoms with E-state index >= 15 is 0 Å². The summed E-state index contributed by atoms with van der Waals surface area (Å²) in [6.07, 6.45) is 2.61. The van der Waals surface area contributed by atoms with Crippen molar-refractivity contribution in [1.82, 2.24) is 20.2 Å². The van der Waals surface area contributed by atoms with Crippen molar-refractivity contribution in [2.24, 2.45) is 0 Å². The van der Waals surface area contributed by atoms with E-state index in [0.717, 1.165) is 10.9 Å². The van der Waals surface area contributed by atoms with E-state index in [0.29, 0.717) is 54.0 Å². The Bertz CT molecular complexity index is 1450. The van der Waals surface area contributed by atoms with E-state index in [1.54, 1.807) is 36.5 Å². The second kappa shape index (κ2) is 8.69. The van der Waals surface area contributed by atoms with Gasteiger partial charge < -0.3 is 9.46 Å². The summed E-state index contributed by atoms with van der Waals surface area (Å²) >= 11 is 5.96. The molecule has 1 aliphatic heterocycles. The highest BCUT2D eigenvalue weighted by molar-refractivity contribution is 7.71. The summed E-state index contributed by atoms with van der Waals surface area (Å²) in [6.45, 7) is 0.904. The number of benzene rings is 2. The summed E-state index contributed by atoms with van der Waals surface area (Å²) in [6, 6.07) is 13.5. The van der Waals surface area contributed by atoms with Gasteiger partial charge in [0.25, 0.3) is 5.56 Å². The van der Waals surface area contributed by atoms with Crippen molar-refractivity contribution in [3.63, 3.8) is 0 Å². The maximum atomic E-state index is 14.8. The van der Waals surface area contributed by atoms with Crippen molar-refractivity contribution in [1.29, 1.82) is 0 Å². The fourth-order valence-electron chi connectivity index (χ4n) is 4.19. The molecule has 1 saturated heterocycles. The Morgan fingerprint density at radius 3 is 2.61 bits per heavy atom. The first-order chi connectivity index (χ1) is 15.9. The molecule has 0 spiro atoms. The zero-order valence-corrected chi connectivity index (χ0v) is 19.2. The topological polar surface area (TPSA) is 91.8 Å². The van der Waals surface area contributed by atoms with Crippen molar-refractivity contribution >= 4 is 40.8 Å². The molecular formula is C23H20ClFN5O2P. The van der Waals surface area contributed by atoms with Crippen LogP contribution >= 0.6 is 18.7 Å². The van der Waals surface area contributed by atoms with Crippen LogP contribution in [0.15, 0.2) is 59.5 Å². The van der Waals surface area contributed by atoms with Gasteiger partial charge in [-0.2, -0.15) is 5.10 Å². The van der Waals surface area contributed by atoms with Crippen LogP contribution in [-0.2, 0) is 11.0 Å². The van der Waals surface area contributed by atoms with Gasteiger partial charge in [0.15, 0.2) is 0 Å². The summed E-state index contributed by atoms with van der Waals surface area (Å²) in [4.78, 5) is 22.4. The average molecular weight is 484 g/mol. The number of aromatic amines is 1. The number of hydrogen-bond donors (Lipinski definition) is 1. The lowest BCUT2D eigenvalue weighted by atomic mass is 10.0. The zero-order valence-electron chi connectivity index (χ0n) is 17.5. The van der Waals surface area contributed by atoms with Crippen molar-refractivity contribution in [3.8, 4) is 0 Å². The summed E-state index contributed by atoms with van der Waals surface area (Å²) in [5.41, 5.74) is 1.20. The minimum absolute atomic E-state index is 0.256. The van der Waals surface area contributed by atoms with Crippen LogP contribution in [0.25, 0.3) is 10.8 Å². The van der Waals surface area contributed by atoms with Crippen LogP contribution in [0.5, 0.6) is 0 Å². The fraction of sp³-hybridized carbons (Fsp3) is 0.217. The maximum absolute atomic E-state index is 14.8. The smallest absolute Gasteiger partial charge is 0.272 e. The molecule has 168 valence electrons. The molecule has 33 heavy (non-hydrogen) atoms. The molecule has 2 aromatic heterocycles. The van der Waals surface area contributed by atoms with E-state index in [2.05, 4.69) is 20.2 Å². The summed E-state index contributed by atoms with van der Waals surface area (Å²) in [5, 5.41) is 8.63. The molecule has 2 aromatic carbocycles. The van der Waals surface area contributed by atoms with Gasteiger partial charge in [0.1, 0.15) is 18.1 Å². The lowest BCUT2D eigenvalue weighted by molar-refractivity contribution is 0.570. The number of nitrogens with one attached hydrogen (secondary N) is 1. The summed E-state index contributed by atoms with van der Waals surface area (Å²) in [7, 11) is -2.94. The van der Waals surface area contributed by atoms with E-state index < -0.39 is 13.0 Å². The molecule has 5 rings (SSSR count). The van der Waals surface area contributed by atoms with E-state index in [4.69, 9.17) is 11.6 Å². The van der Waals surface area contributed by atoms with E-state index in [1.807, 2.05) is 17.0 Å². The summed E-state index contributed by atoms with van der Waals surface area (Å²) in [5.74, 6) is 0.0211. The molecular weight excluding hydrogens is 464 g/mol. The van der Waals surface area contributed by atoms with E-state index in [1.165, 1.54) is 6.07 Å². The first-order valence-electron chi connectivity index (χ1n) is 10.5. The average Bonchev–Trinajstić information content (AvgIpc) is 2.82. The molecule has 0 amide bonds. The number of anilines is 1. The maximum Gasteiger partial charge on any atom is 0.272 e. The van der Waals surface area contributed by atoms with Crippen LogP contribution in [0.4, 0.5) is 10.3 Å². The number of aromatic nitrogens is 4. The van der Waals surface area contributed by atoms with E-state index in [-0.39, 0.29) is 10.9 Å². The number of fused-ring (bicyclic) bond motifs is 1. The van der Waals surface area contributed by atoms with Crippen LogP contribution < -0.4 is 15.8 Å². The molecule has 3 heterocycles. The molecule has 10 heteroatoms. The number of hydrogen-bond acceptors (Lipinski definition) is 6. The predicted molar refractivity (Wildman–Crippen MR) is 128 cm³/mol. The van der Waals surface area contributed by atoms with Crippen molar-refractivity contribution in [2.45, 2.75) is 6.42 Å². The molecule has 1 N–H and O–H groups in total. The van der Waals surface area contributed by atoms with Gasteiger partial charge >= 0.3 is 0 Å². The van der Waals surface area contributed by atoms with Gasteiger partial charge in [0, 0.05) is 48.7 Å². The normalized spacial score (nSPS) is 15.6. The zero-order chi connectivity index (χ0) is 23.0. The molecule has 0 aliphatic carbocycles. The SMILES string of the molecule is O=c1[nH]nc(Cc2ccc(F)c(P3(=O)CCN(c4nccc(Cl)n4)CC3)c2)c2ccccc12. The number of halogens is 2. The van der Waals surface area contributed by atoms with Crippen LogP contribution in [0.2, 0.25) is 5.15 Å². The van der Waals surface area contributed by atoms with Crippen molar-refractivity contribution in [3.05, 3.63) is 87.3 Å². The Hall–Kier alpha value is -3.09. The molecule has 0 atom stereocenters. The third-order valence-electron chi connectivity index (χ3n) is 5.95. The number of H-pyrrole nitrogens is 1. The lowest BCUT2D eigenvalue weighted by Gasteiger charge is -2.32. The van der Waals surface area contributed by atoms with Crippen LogP contribution in [0.1, 0.15) is 11.3 Å². The molecule has 4 aromatic rings. The molecule has 0 radical (unpaired) electrons. The van der Waals surface area contributed by atoms with Gasteiger partial charge in [0.05, 0.1) is 11.1 Å². The van der Waals surface area contributed by atoms with Crippen LogP contribution in [0.3, 0.4) is 0 Å². The first kappa shape index (κ1) is 21.7. The molecule has 0 saturated carbocycles. The Balaban J connectivity index is 1.41. The highest BCUT2D eigenvalue weighted by atomic mass is 35.5. The van der Waals surface area contributed by atoms with Crippen molar-refractivity contribution in [2.75, 3.05) is 30.3 Å². The molecule has 0 unspecified atom stereocenters. The summed E-state index contributed by atoms with van der Waals surface area (Å²) < 4.78 is 28.6. The minimum atomic E-state index is -2.94. The van der Waals surface area contributed by atoms with Crippen LogP contribution in [-0.4, -0.2) is 45.6 Å². The standard InChI is InChI=1S/C23H20ClFN5O2P/c24-21-7-8-26-23(27-21)30-9-11-33(32,12-10-30)20-14-15(5-6-18(20)25)13-19-16-3-1-2-4-17(16)22(31)29-28-19/h1-8,14H,9-13H2,(H,29,31). The predicted octanol–water partition coefficient (Wildman–Crippen LogP) is 3.61. The highest BCUT2D eigenvalue weighted by Crippen LogP contribution is 2.47. The van der Waals surface area contributed by atoms with Gasteiger partial charge in [0.2, 0.25) is 5.95 Å². The van der Waals surface area contributed by atoms with Gasteiger partial charge in [-0.3, -0.25) is 4.79 Å². The Morgan fingerprint density at radius 2 is 1.85 bits per heavy atom. The highest BCUT2D eigenvalue weighted by Gasteiger charge is 2.33. The van der Waals surface area contributed by atoms with E-state index in [9.17, 15) is 13.8 Å². The Kier molecular flexibility index (Phi) is 5.72. The monoisotopic (exact) mass is 483 g/mol. The number of nitrogens with zero attached hydrogens (tertiary/aromatic N) is 4. The van der Waals surface area contributed by atoms with Gasteiger partial charge in [-0.05, 0) is 29.8 Å². The van der Waals surface area contributed by atoms with Gasteiger partial charge in [-0.1, -0.05) is 35.9 Å². The van der Waals surface area contributed by atoms with Gasteiger partial charge in [-0.15, -0.1) is 0 Å². The van der Waals surface area contributed by atoms with Crippen molar-refractivity contribution < 1.29 is 8.96 Å². The second-order valence-corrected chi connectivity index (χ2v) is 11.6. The third-order valence-corrected chi connectivity index (χ3v) is 9.23. The largest absolute Gasteiger partial charge is 0.340 e. The lowest BCUT2D eigenvalue weighted by Crippen LogP contribution is -2.38. The van der Waals surface area contributed by atoms with Gasteiger partial charge in [-0.25, -0.2) is 19.5 Å². The quantitative estimate of drug-likeness (QED) is 0.352. The second-order valence-electron chi connectivity index (χ2n) is 8.01. The molecule has 0 bridgehead atoms. The number of rotatable bonds is 4. The Morgan fingerprint density at radius 1 is 1.09 bits per heavy atom.